The van der Waals surface area contributed by atoms with E-state index in [0.717, 1.165) is 0 Å². The summed E-state index contributed by atoms with van der Waals surface area (Å²) in [6.45, 7) is 7.62. The first-order valence-electron chi connectivity index (χ1n) is 4.63. The molecule has 0 bridgehead atoms. The van der Waals surface area contributed by atoms with E-state index in [2.05, 4.69) is 37.4 Å². The Morgan fingerprint density at radius 2 is 1.14 bits per heavy atom. The number of hydrogen-bond donors (Lipinski definition) is 0. The maximum Gasteiger partial charge on any atom is -0.0106 e. The second-order valence-corrected chi connectivity index (χ2v) is 3.20. The Balaban J connectivity index is 2.91. The summed E-state index contributed by atoms with van der Waals surface area (Å²) >= 11 is 0. The van der Waals surface area contributed by atoms with E-state index >= 15 is 0 Å². The van der Waals surface area contributed by atoms with E-state index in [-0.39, 0.29) is 0 Å². The summed E-state index contributed by atoms with van der Waals surface area (Å²) in [4.78, 5) is 0. The lowest BCUT2D eigenvalue weighted by atomic mass is 10.00. The SMILES string of the molecule is C=Cc1ccc(C=C)c2ccccc12. The largest absolute Gasteiger partial charge is 0.0984 e. The molecule has 0 saturated carbocycles. The van der Waals surface area contributed by atoms with Gasteiger partial charge in [0.1, 0.15) is 0 Å². The van der Waals surface area contributed by atoms with Gasteiger partial charge in [-0.2, -0.15) is 0 Å². The monoisotopic (exact) mass is 180 g/mol. The topological polar surface area (TPSA) is 0 Å². The fraction of sp³-hybridized carbons (Fsp3) is 0. The summed E-state index contributed by atoms with van der Waals surface area (Å²) in [5.74, 6) is 0. The van der Waals surface area contributed by atoms with E-state index in [1.165, 1.54) is 21.9 Å². The van der Waals surface area contributed by atoms with Crippen molar-refractivity contribution in [3.8, 4) is 0 Å². The minimum Gasteiger partial charge on any atom is -0.0984 e. The van der Waals surface area contributed by atoms with Crippen molar-refractivity contribution in [1.29, 1.82) is 0 Å². The van der Waals surface area contributed by atoms with Gasteiger partial charge in [0.25, 0.3) is 0 Å². The molecular formula is C14H12. The van der Waals surface area contributed by atoms with E-state index < -0.39 is 0 Å². The summed E-state index contributed by atoms with van der Waals surface area (Å²) in [7, 11) is 0. The molecule has 0 radical (unpaired) electrons. The summed E-state index contributed by atoms with van der Waals surface area (Å²) in [6.07, 6.45) is 3.77. The maximum atomic E-state index is 3.81. The highest BCUT2D eigenvalue weighted by Gasteiger charge is 1.99. The minimum atomic E-state index is 1.17. The standard InChI is InChI=1S/C14H12/c1-3-11-9-10-12(4-2)14-8-6-5-7-13(11)14/h3-10H,1-2H2. The van der Waals surface area contributed by atoms with E-state index in [4.69, 9.17) is 0 Å². The molecule has 0 heterocycles. The van der Waals surface area contributed by atoms with Crippen LogP contribution in [0.2, 0.25) is 0 Å². The Kier molecular flexibility index (Phi) is 2.19. The van der Waals surface area contributed by atoms with Crippen molar-refractivity contribution < 1.29 is 0 Å². The number of hydrogen-bond acceptors (Lipinski definition) is 0. The van der Waals surface area contributed by atoms with Gasteiger partial charge in [0.15, 0.2) is 0 Å². The zero-order valence-electron chi connectivity index (χ0n) is 8.03. The second-order valence-electron chi connectivity index (χ2n) is 3.20. The highest BCUT2D eigenvalue weighted by atomic mass is 14.0. The van der Waals surface area contributed by atoms with Crippen LogP contribution in [0, 0.1) is 0 Å². The molecule has 14 heavy (non-hydrogen) atoms. The van der Waals surface area contributed by atoms with Gasteiger partial charge in [-0.1, -0.05) is 61.7 Å². The average Bonchev–Trinajstić information content (AvgIpc) is 2.27. The Morgan fingerprint density at radius 3 is 1.50 bits per heavy atom. The molecule has 0 heteroatoms. The average molecular weight is 180 g/mol. The number of benzene rings is 2. The predicted octanol–water partition coefficient (Wildman–Crippen LogP) is 4.13. The molecule has 2 rings (SSSR count). The molecule has 0 aliphatic carbocycles. The normalized spacial score (nSPS) is 10.0. The summed E-state index contributed by atoms with van der Waals surface area (Å²) in [5.41, 5.74) is 2.34. The van der Waals surface area contributed by atoms with Gasteiger partial charge >= 0.3 is 0 Å². The van der Waals surface area contributed by atoms with Crippen LogP contribution in [0.25, 0.3) is 22.9 Å². The first-order chi connectivity index (χ1) is 6.86. The van der Waals surface area contributed by atoms with Crippen molar-refractivity contribution in [1.82, 2.24) is 0 Å². The molecule has 68 valence electrons. The van der Waals surface area contributed by atoms with E-state index in [1.54, 1.807) is 0 Å². The van der Waals surface area contributed by atoms with Crippen LogP contribution in [0.15, 0.2) is 49.6 Å². The van der Waals surface area contributed by atoms with Gasteiger partial charge in [-0.3, -0.25) is 0 Å². The molecule has 0 aliphatic rings. The fourth-order valence-corrected chi connectivity index (χ4v) is 1.70. The van der Waals surface area contributed by atoms with Gasteiger partial charge in [0.05, 0.1) is 0 Å². The van der Waals surface area contributed by atoms with Gasteiger partial charge in [-0.05, 0) is 21.9 Å². The summed E-state index contributed by atoms with van der Waals surface area (Å²) in [5, 5.41) is 2.47. The number of rotatable bonds is 2. The first kappa shape index (κ1) is 8.76. The lowest BCUT2D eigenvalue weighted by Crippen LogP contribution is -1.81. The zero-order chi connectivity index (χ0) is 9.97. The van der Waals surface area contributed by atoms with E-state index in [9.17, 15) is 0 Å². The lowest BCUT2D eigenvalue weighted by Gasteiger charge is -2.05. The van der Waals surface area contributed by atoms with Crippen molar-refractivity contribution in [3.63, 3.8) is 0 Å². The van der Waals surface area contributed by atoms with Crippen molar-refractivity contribution in [3.05, 3.63) is 60.7 Å². The molecule has 0 aliphatic heterocycles. The third-order valence-corrected chi connectivity index (χ3v) is 2.43. The molecule has 0 amide bonds. The van der Waals surface area contributed by atoms with Crippen LogP contribution in [0.4, 0.5) is 0 Å². The summed E-state index contributed by atoms with van der Waals surface area (Å²) in [6, 6.07) is 12.5. The molecule has 2 aromatic rings. The molecule has 0 fully saturated rings. The van der Waals surface area contributed by atoms with Crippen LogP contribution in [0.5, 0.6) is 0 Å². The van der Waals surface area contributed by atoms with Gasteiger partial charge < -0.3 is 0 Å². The van der Waals surface area contributed by atoms with E-state index in [0.29, 0.717) is 0 Å². The Labute approximate surface area is 84.2 Å². The number of fused-ring (bicyclic) bond motifs is 1. The van der Waals surface area contributed by atoms with E-state index in [1.807, 2.05) is 24.3 Å². The molecule has 0 spiro atoms. The maximum absolute atomic E-state index is 3.81. The molecule has 0 N–H and O–H groups in total. The van der Waals surface area contributed by atoms with Crippen LogP contribution in [0.1, 0.15) is 11.1 Å². The van der Waals surface area contributed by atoms with Gasteiger partial charge in [0, 0.05) is 0 Å². The minimum absolute atomic E-state index is 1.17. The van der Waals surface area contributed by atoms with Crippen molar-refractivity contribution >= 4 is 22.9 Å². The van der Waals surface area contributed by atoms with Gasteiger partial charge in [-0.25, -0.2) is 0 Å². The van der Waals surface area contributed by atoms with Crippen molar-refractivity contribution in [2.24, 2.45) is 0 Å². The van der Waals surface area contributed by atoms with Gasteiger partial charge in [-0.15, -0.1) is 0 Å². The van der Waals surface area contributed by atoms with Crippen LogP contribution >= 0.6 is 0 Å². The lowest BCUT2D eigenvalue weighted by molar-refractivity contribution is 1.69. The highest BCUT2D eigenvalue weighted by molar-refractivity contribution is 5.96. The van der Waals surface area contributed by atoms with Crippen molar-refractivity contribution in [2.45, 2.75) is 0 Å². The fourth-order valence-electron chi connectivity index (χ4n) is 1.70. The Hall–Kier alpha value is -1.82. The highest BCUT2D eigenvalue weighted by Crippen LogP contribution is 2.24. The predicted molar refractivity (Wildman–Crippen MR) is 64.1 cm³/mol. The molecule has 0 nitrogen and oxygen atoms in total. The van der Waals surface area contributed by atoms with Gasteiger partial charge in [0.2, 0.25) is 0 Å². The van der Waals surface area contributed by atoms with Crippen molar-refractivity contribution in [2.75, 3.05) is 0 Å². The molecule has 0 aromatic heterocycles. The summed E-state index contributed by atoms with van der Waals surface area (Å²) < 4.78 is 0. The first-order valence-corrected chi connectivity index (χ1v) is 4.63. The second kappa shape index (κ2) is 3.51. The van der Waals surface area contributed by atoms with Crippen LogP contribution in [-0.4, -0.2) is 0 Å². The van der Waals surface area contributed by atoms with Crippen LogP contribution in [-0.2, 0) is 0 Å². The third-order valence-electron chi connectivity index (χ3n) is 2.43. The van der Waals surface area contributed by atoms with Crippen LogP contribution < -0.4 is 0 Å². The zero-order valence-corrected chi connectivity index (χ0v) is 8.03. The smallest absolute Gasteiger partial charge is 0.0106 e. The quantitative estimate of drug-likeness (QED) is 0.652. The van der Waals surface area contributed by atoms with Crippen LogP contribution in [0.3, 0.4) is 0 Å². The third kappa shape index (κ3) is 1.25. The Morgan fingerprint density at radius 1 is 0.714 bits per heavy atom. The molecule has 2 aromatic carbocycles. The molecular weight excluding hydrogens is 168 g/mol. The molecule has 0 atom stereocenters. The Bertz CT molecular complexity index is 446. The molecule has 0 unspecified atom stereocenters. The molecule has 0 saturated heterocycles.